The highest BCUT2D eigenvalue weighted by Crippen LogP contribution is 2.35. The van der Waals surface area contributed by atoms with Crippen molar-refractivity contribution >= 4 is 35.2 Å². The number of benzene rings is 1. The molecule has 1 aromatic carbocycles. The van der Waals surface area contributed by atoms with Crippen molar-refractivity contribution in [2.75, 3.05) is 42.9 Å². The first-order valence-corrected chi connectivity index (χ1v) is 12.1. The van der Waals surface area contributed by atoms with Gasteiger partial charge >= 0.3 is 6.09 Å². The Morgan fingerprint density at radius 2 is 1.91 bits per heavy atom. The Kier molecular flexibility index (Phi) is 7.53. The minimum Gasteiger partial charge on any atom is -0.441 e. The lowest BCUT2D eigenvalue weighted by Gasteiger charge is -2.38. The number of hydrogen-bond donors (Lipinski definition) is 2. The Hall–Kier alpha value is -2.91. The van der Waals surface area contributed by atoms with Gasteiger partial charge in [0.15, 0.2) is 0 Å². The molecule has 0 radical (unpaired) electrons. The predicted molar refractivity (Wildman–Crippen MR) is 131 cm³/mol. The molecule has 0 aliphatic carbocycles. The van der Waals surface area contributed by atoms with Gasteiger partial charge in [-0.2, -0.15) is 0 Å². The van der Waals surface area contributed by atoms with Crippen molar-refractivity contribution < 1.29 is 14.3 Å². The topological polar surface area (TPSA) is 99.7 Å². The molecule has 4 rings (SSSR count). The van der Waals surface area contributed by atoms with E-state index in [1.165, 1.54) is 6.33 Å². The third-order valence-electron chi connectivity index (χ3n) is 6.22. The van der Waals surface area contributed by atoms with Gasteiger partial charge in [-0.15, -0.1) is 0 Å². The van der Waals surface area contributed by atoms with Gasteiger partial charge in [0, 0.05) is 37.2 Å². The van der Waals surface area contributed by atoms with Crippen LogP contribution in [0.4, 0.5) is 16.4 Å². The van der Waals surface area contributed by atoms with E-state index in [0.29, 0.717) is 49.5 Å². The highest BCUT2D eigenvalue weighted by molar-refractivity contribution is 6.30. The van der Waals surface area contributed by atoms with Crippen LogP contribution in [0.2, 0.25) is 5.02 Å². The molecule has 34 heavy (non-hydrogen) atoms. The molecule has 0 unspecified atom stereocenters. The molecule has 10 heteroatoms. The molecule has 3 heterocycles. The smallest absolute Gasteiger partial charge is 0.413 e. The van der Waals surface area contributed by atoms with Crippen molar-refractivity contribution in [3.63, 3.8) is 0 Å². The van der Waals surface area contributed by atoms with Crippen LogP contribution in [0, 0.1) is 0 Å². The van der Waals surface area contributed by atoms with E-state index in [1.807, 2.05) is 36.1 Å². The summed E-state index contributed by atoms with van der Waals surface area (Å²) in [5.74, 6) is 1.11. The molecular formula is C24H31ClN6O3. The monoisotopic (exact) mass is 486 g/mol. The summed E-state index contributed by atoms with van der Waals surface area (Å²) in [5, 5.41) is 6.72. The van der Waals surface area contributed by atoms with E-state index in [2.05, 4.69) is 39.3 Å². The average molecular weight is 487 g/mol. The predicted octanol–water partition coefficient (Wildman–Crippen LogP) is 3.57. The third kappa shape index (κ3) is 5.42. The summed E-state index contributed by atoms with van der Waals surface area (Å²) >= 11 is 6.08. The van der Waals surface area contributed by atoms with Gasteiger partial charge in [0.2, 0.25) is 5.91 Å². The van der Waals surface area contributed by atoms with E-state index in [1.54, 1.807) is 0 Å². The summed E-state index contributed by atoms with van der Waals surface area (Å²) in [6.45, 7) is 9.20. The lowest BCUT2D eigenvalue weighted by Crippen LogP contribution is -2.51. The number of hydrogen-bond acceptors (Lipinski definition) is 7. The minimum absolute atomic E-state index is 0.126. The molecule has 1 aromatic heterocycles. The van der Waals surface area contributed by atoms with Gasteiger partial charge in [0.1, 0.15) is 24.1 Å². The lowest BCUT2D eigenvalue weighted by atomic mass is 9.93. The Labute approximate surface area is 204 Å². The van der Waals surface area contributed by atoms with Crippen LogP contribution in [-0.4, -0.2) is 65.6 Å². The van der Waals surface area contributed by atoms with E-state index in [0.717, 1.165) is 23.5 Å². The second-order valence-corrected chi connectivity index (χ2v) is 9.38. The van der Waals surface area contributed by atoms with Crippen LogP contribution < -0.4 is 15.5 Å². The van der Waals surface area contributed by atoms with E-state index < -0.39 is 12.2 Å². The maximum absolute atomic E-state index is 13.6. The van der Waals surface area contributed by atoms with Gasteiger partial charge in [-0.05, 0) is 37.6 Å². The number of halogens is 1. The second-order valence-electron chi connectivity index (χ2n) is 8.95. The summed E-state index contributed by atoms with van der Waals surface area (Å²) in [7, 11) is 0. The molecule has 182 valence electrons. The number of rotatable bonds is 7. The number of piperazine rings is 1. The Balaban J connectivity index is 1.46. The van der Waals surface area contributed by atoms with Gasteiger partial charge in [0.05, 0.1) is 11.5 Å². The lowest BCUT2D eigenvalue weighted by molar-refractivity contribution is -0.133. The van der Waals surface area contributed by atoms with E-state index in [9.17, 15) is 9.59 Å². The van der Waals surface area contributed by atoms with Gasteiger partial charge in [0.25, 0.3) is 0 Å². The number of carbonyl (C=O) groups is 2. The zero-order valence-corrected chi connectivity index (χ0v) is 20.5. The Morgan fingerprint density at radius 3 is 2.59 bits per heavy atom. The summed E-state index contributed by atoms with van der Waals surface area (Å²) in [5.41, 5.74) is 1.75. The first-order valence-electron chi connectivity index (χ1n) is 11.7. The van der Waals surface area contributed by atoms with E-state index >= 15 is 0 Å². The zero-order chi connectivity index (χ0) is 24.2. The summed E-state index contributed by atoms with van der Waals surface area (Å²) in [6, 6.07) is 7.93. The number of ether oxygens (including phenoxy) is 1. The molecule has 0 bridgehead atoms. The van der Waals surface area contributed by atoms with Crippen molar-refractivity contribution in [1.29, 1.82) is 0 Å². The number of fused-ring (bicyclic) bond motifs is 1. The van der Waals surface area contributed by atoms with Gasteiger partial charge in [-0.1, -0.05) is 37.6 Å². The molecule has 2 amide bonds. The Morgan fingerprint density at radius 1 is 1.21 bits per heavy atom. The first kappa shape index (κ1) is 24.2. The van der Waals surface area contributed by atoms with Crippen LogP contribution in [-0.2, 0) is 9.53 Å². The number of nitrogens with one attached hydrogen (secondary N) is 2. The average Bonchev–Trinajstić information content (AvgIpc) is 2.81. The fourth-order valence-electron chi connectivity index (χ4n) is 4.46. The van der Waals surface area contributed by atoms with Crippen molar-refractivity contribution in [3.05, 3.63) is 46.7 Å². The number of nitrogens with zero attached hydrogens (tertiary/aromatic N) is 4. The SMILES string of the molecule is CC(C)NCC[C@@H](C(=O)N1CCN(c2ncnc3c2[C@@H](C)OC(=O)N3)CC1)c1ccc(Cl)cc1. The zero-order valence-electron chi connectivity index (χ0n) is 19.8. The molecule has 2 atom stereocenters. The maximum Gasteiger partial charge on any atom is 0.413 e. The van der Waals surface area contributed by atoms with Crippen LogP contribution >= 0.6 is 11.6 Å². The summed E-state index contributed by atoms with van der Waals surface area (Å²) < 4.78 is 5.31. The Bertz CT molecular complexity index is 1020. The number of anilines is 2. The largest absolute Gasteiger partial charge is 0.441 e. The van der Waals surface area contributed by atoms with Gasteiger partial charge in [-0.25, -0.2) is 14.8 Å². The molecule has 9 nitrogen and oxygen atoms in total. The van der Waals surface area contributed by atoms with Crippen molar-refractivity contribution in [3.8, 4) is 0 Å². The molecule has 1 saturated heterocycles. The number of cyclic esters (lactones) is 1. The molecule has 1 fully saturated rings. The summed E-state index contributed by atoms with van der Waals surface area (Å²) in [4.78, 5) is 38.0. The van der Waals surface area contributed by atoms with Gasteiger partial charge in [-0.3, -0.25) is 10.1 Å². The van der Waals surface area contributed by atoms with E-state index in [-0.39, 0.29) is 11.8 Å². The third-order valence-corrected chi connectivity index (χ3v) is 6.47. The van der Waals surface area contributed by atoms with Crippen LogP contribution in [0.5, 0.6) is 0 Å². The van der Waals surface area contributed by atoms with Crippen molar-refractivity contribution in [1.82, 2.24) is 20.2 Å². The number of amides is 2. The molecule has 2 aliphatic heterocycles. The standard InChI is InChI=1S/C24H31ClN6O3/c1-15(2)26-9-8-19(17-4-6-18(25)7-5-17)23(32)31-12-10-30(11-13-31)22-20-16(3)34-24(33)29-21(20)27-14-28-22/h4-7,14-16,19,26H,8-13H2,1-3H3,(H,27,28,29,33)/t16-,19-/m1/s1. The quantitative estimate of drug-likeness (QED) is 0.617. The van der Waals surface area contributed by atoms with Crippen molar-refractivity contribution in [2.24, 2.45) is 0 Å². The molecule has 2 aromatic rings. The molecule has 2 aliphatic rings. The summed E-state index contributed by atoms with van der Waals surface area (Å²) in [6.07, 6.45) is 1.21. The van der Waals surface area contributed by atoms with Crippen LogP contribution in [0.3, 0.4) is 0 Å². The minimum atomic E-state index is -0.514. The van der Waals surface area contributed by atoms with E-state index in [4.69, 9.17) is 16.3 Å². The fourth-order valence-corrected chi connectivity index (χ4v) is 4.59. The van der Waals surface area contributed by atoms with Gasteiger partial charge < -0.3 is 19.9 Å². The number of aromatic nitrogens is 2. The molecule has 2 N–H and O–H groups in total. The normalized spacial score (nSPS) is 18.9. The highest BCUT2D eigenvalue weighted by atomic mass is 35.5. The first-order chi connectivity index (χ1) is 16.3. The molecule has 0 spiro atoms. The van der Waals surface area contributed by atoms with Crippen LogP contribution in [0.1, 0.15) is 50.3 Å². The van der Waals surface area contributed by atoms with Crippen LogP contribution in [0.25, 0.3) is 0 Å². The molecular weight excluding hydrogens is 456 g/mol. The van der Waals surface area contributed by atoms with Crippen LogP contribution in [0.15, 0.2) is 30.6 Å². The molecule has 0 saturated carbocycles. The van der Waals surface area contributed by atoms with Crippen molar-refractivity contribution in [2.45, 2.75) is 45.3 Å². The second kappa shape index (κ2) is 10.6. The maximum atomic E-state index is 13.6. The number of carbonyl (C=O) groups excluding carboxylic acids is 2. The fraction of sp³-hybridized carbons (Fsp3) is 0.500. The highest BCUT2D eigenvalue weighted by Gasteiger charge is 2.33.